The molecule has 0 fully saturated rings. The van der Waals surface area contributed by atoms with Crippen molar-refractivity contribution in [3.63, 3.8) is 0 Å². The van der Waals surface area contributed by atoms with Gasteiger partial charge in [-0.1, -0.05) is 13.3 Å². The van der Waals surface area contributed by atoms with Crippen molar-refractivity contribution in [2.24, 2.45) is 5.84 Å². The second kappa shape index (κ2) is 5.75. The van der Waals surface area contributed by atoms with Gasteiger partial charge in [0.2, 0.25) is 0 Å². The number of nitrogens with zero attached hydrogens (tertiary/aromatic N) is 1. The maximum Gasteiger partial charge on any atom is 0.143 e. The van der Waals surface area contributed by atoms with Crippen LogP contribution in [0.3, 0.4) is 0 Å². The van der Waals surface area contributed by atoms with Crippen LogP contribution in [0.2, 0.25) is 0 Å². The van der Waals surface area contributed by atoms with Crippen molar-refractivity contribution in [3.05, 3.63) is 23.8 Å². The van der Waals surface area contributed by atoms with Gasteiger partial charge in [-0.05, 0) is 18.1 Å². The van der Waals surface area contributed by atoms with Gasteiger partial charge in [-0.15, -0.1) is 0 Å². The molecule has 19 heavy (non-hydrogen) atoms. The Morgan fingerprint density at radius 2 is 2.00 bits per heavy atom. The van der Waals surface area contributed by atoms with E-state index < -0.39 is 0 Å². The SMILES string of the molecule is CCCc1cc2c(OC)cc(OC)cc2nc1NN. The smallest absolute Gasteiger partial charge is 0.143 e. The van der Waals surface area contributed by atoms with Crippen LogP contribution in [0.4, 0.5) is 5.82 Å². The fourth-order valence-corrected chi connectivity index (χ4v) is 2.13. The van der Waals surface area contributed by atoms with Gasteiger partial charge in [0, 0.05) is 17.5 Å². The van der Waals surface area contributed by atoms with E-state index in [9.17, 15) is 0 Å². The van der Waals surface area contributed by atoms with Crippen LogP contribution in [-0.2, 0) is 6.42 Å². The number of hydrogen-bond acceptors (Lipinski definition) is 5. The minimum atomic E-state index is 0.699. The Morgan fingerprint density at radius 1 is 1.21 bits per heavy atom. The number of hydrogen-bond donors (Lipinski definition) is 2. The summed E-state index contributed by atoms with van der Waals surface area (Å²) in [4.78, 5) is 4.53. The van der Waals surface area contributed by atoms with Gasteiger partial charge in [-0.3, -0.25) is 0 Å². The number of nitrogens with two attached hydrogens (primary N) is 1. The summed E-state index contributed by atoms with van der Waals surface area (Å²) >= 11 is 0. The quantitative estimate of drug-likeness (QED) is 0.639. The van der Waals surface area contributed by atoms with E-state index in [0.29, 0.717) is 11.6 Å². The molecule has 0 atom stereocenters. The molecule has 2 aromatic rings. The number of aromatic nitrogens is 1. The van der Waals surface area contributed by atoms with Gasteiger partial charge in [-0.2, -0.15) is 0 Å². The predicted octanol–water partition coefficient (Wildman–Crippen LogP) is 2.49. The lowest BCUT2D eigenvalue weighted by molar-refractivity contribution is 0.398. The highest BCUT2D eigenvalue weighted by Gasteiger charge is 2.11. The molecule has 5 nitrogen and oxygen atoms in total. The van der Waals surface area contributed by atoms with Gasteiger partial charge < -0.3 is 14.9 Å². The van der Waals surface area contributed by atoms with E-state index >= 15 is 0 Å². The Labute approximate surface area is 112 Å². The van der Waals surface area contributed by atoms with Gasteiger partial charge in [0.15, 0.2) is 0 Å². The molecule has 0 radical (unpaired) electrons. The molecule has 0 bridgehead atoms. The Balaban J connectivity index is 2.68. The summed E-state index contributed by atoms with van der Waals surface area (Å²) in [5.41, 5.74) is 4.53. The Kier molecular flexibility index (Phi) is 4.06. The monoisotopic (exact) mass is 261 g/mol. The molecule has 1 heterocycles. The minimum absolute atomic E-state index is 0.699. The summed E-state index contributed by atoms with van der Waals surface area (Å²) in [6, 6.07) is 5.79. The standard InChI is InChI=1S/C14H19N3O2/c1-4-5-9-6-11-12(16-14(9)17-15)7-10(18-2)8-13(11)19-3/h6-8H,4-5,15H2,1-3H3,(H,16,17). The zero-order valence-corrected chi connectivity index (χ0v) is 11.5. The lowest BCUT2D eigenvalue weighted by Crippen LogP contribution is -2.11. The summed E-state index contributed by atoms with van der Waals surface area (Å²) in [5, 5.41) is 0.964. The fraction of sp³-hybridized carbons (Fsp3) is 0.357. The number of anilines is 1. The van der Waals surface area contributed by atoms with Crippen LogP contribution >= 0.6 is 0 Å². The summed E-state index contributed by atoms with van der Waals surface area (Å²) < 4.78 is 10.6. The first-order chi connectivity index (χ1) is 9.23. The van der Waals surface area contributed by atoms with E-state index in [1.54, 1.807) is 14.2 Å². The van der Waals surface area contributed by atoms with Crippen LogP contribution in [0.5, 0.6) is 11.5 Å². The Morgan fingerprint density at radius 3 is 2.58 bits per heavy atom. The number of benzene rings is 1. The molecule has 0 saturated heterocycles. The topological polar surface area (TPSA) is 69.4 Å². The first kappa shape index (κ1) is 13.4. The molecular formula is C14H19N3O2. The van der Waals surface area contributed by atoms with Crippen LogP contribution < -0.4 is 20.7 Å². The maximum absolute atomic E-state index is 5.54. The van der Waals surface area contributed by atoms with E-state index in [1.807, 2.05) is 12.1 Å². The Hall–Kier alpha value is -2.01. The molecule has 0 saturated carbocycles. The van der Waals surface area contributed by atoms with Crippen LogP contribution in [0.1, 0.15) is 18.9 Å². The number of ether oxygens (including phenoxy) is 2. The van der Waals surface area contributed by atoms with Crippen LogP contribution in [0.25, 0.3) is 10.9 Å². The number of hydrazine groups is 1. The van der Waals surface area contributed by atoms with E-state index in [-0.39, 0.29) is 0 Å². The minimum Gasteiger partial charge on any atom is -0.497 e. The highest BCUT2D eigenvalue weighted by molar-refractivity contribution is 5.89. The van der Waals surface area contributed by atoms with Crippen molar-refractivity contribution in [1.29, 1.82) is 0 Å². The van der Waals surface area contributed by atoms with Crippen LogP contribution in [0, 0.1) is 0 Å². The average molecular weight is 261 g/mol. The van der Waals surface area contributed by atoms with Crippen LogP contribution in [0.15, 0.2) is 18.2 Å². The summed E-state index contributed by atoms with van der Waals surface area (Å²) in [5.74, 6) is 7.70. The number of nitrogens with one attached hydrogen (secondary N) is 1. The molecule has 0 unspecified atom stereocenters. The molecule has 102 valence electrons. The molecular weight excluding hydrogens is 242 g/mol. The van der Waals surface area contributed by atoms with Crippen molar-refractivity contribution < 1.29 is 9.47 Å². The lowest BCUT2D eigenvalue weighted by Gasteiger charge is -2.12. The second-order valence-corrected chi connectivity index (χ2v) is 4.29. The maximum atomic E-state index is 5.54. The predicted molar refractivity (Wildman–Crippen MR) is 76.7 cm³/mol. The number of methoxy groups -OCH3 is 2. The normalized spacial score (nSPS) is 10.5. The van der Waals surface area contributed by atoms with Crippen molar-refractivity contribution in [1.82, 2.24) is 4.98 Å². The highest BCUT2D eigenvalue weighted by atomic mass is 16.5. The number of nitrogen functional groups attached to an aromatic ring is 1. The average Bonchev–Trinajstić information content (AvgIpc) is 2.45. The van der Waals surface area contributed by atoms with Crippen molar-refractivity contribution in [3.8, 4) is 11.5 Å². The number of pyridine rings is 1. The van der Waals surface area contributed by atoms with Crippen molar-refractivity contribution >= 4 is 16.7 Å². The Bertz CT molecular complexity index is 584. The molecule has 2 rings (SSSR count). The molecule has 1 aromatic carbocycles. The second-order valence-electron chi connectivity index (χ2n) is 4.29. The molecule has 0 aliphatic rings. The van der Waals surface area contributed by atoms with E-state index in [4.69, 9.17) is 15.3 Å². The van der Waals surface area contributed by atoms with Gasteiger partial charge in [0.05, 0.1) is 19.7 Å². The van der Waals surface area contributed by atoms with Gasteiger partial charge in [0.25, 0.3) is 0 Å². The molecule has 0 spiro atoms. The van der Waals surface area contributed by atoms with E-state index in [2.05, 4.69) is 23.4 Å². The molecule has 3 N–H and O–H groups in total. The number of aryl methyl sites for hydroxylation is 1. The van der Waals surface area contributed by atoms with E-state index in [0.717, 1.165) is 35.1 Å². The number of fused-ring (bicyclic) bond motifs is 1. The zero-order valence-electron chi connectivity index (χ0n) is 11.5. The fourth-order valence-electron chi connectivity index (χ4n) is 2.13. The van der Waals surface area contributed by atoms with Gasteiger partial charge in [0.1, 0.15) is 17.3 Å². The zero-order chi connectivity index (χ0) is 13.8. The highest BCUT2D eigenvalue weighted by Crippen LogP contribution is 2.32. The summed E-state index contributed by atoms with van der Waals surface area (Å²) in [7, 11) is 3.26. The molecule has 0 aliphatic carbocycles. The lowest BCUT2D eigenvalue weighted by atomic mass is 10.1. The van der Waals surface area contributed by atoms with E-state index in [1.165, 1.54) is 0 Å². The summed E-state index contributed by atoms with van der Waals surface area (Å²) in [6.07, 6.45) is 1.94. The van der Waals surface area contributed by atoms with Crippen molar-refractivity contribution in [2.75, 3.05) is 19.6 Å². The molecule has 0 amide bonds. The van der Waals surface area contributed by atoms with Gasteiger partial charge >= 0.3 is 0 Å². The molecule has 5 heteroatoms. The molecule has 1 aromatic heterocycles. The van der Waals surface area contributed by atoms with Crippen molar-refractivity contribution in [2.45, 2.75) is 19.8 Å². The molecule has 0 aliphatic heterocycles. The number of rotatable bonds is 5. The first-order valence-corrected chi connectivity index (χ1v) is 6.25. The van der Waals surface area contributed by atoms with Crippen LogP contribution in [-0.4, -0.2) is 19.2 Å². The third-order valence-electron chi connectivity index (χ3n) is 3.06. The summed E-state index contributed by atoms with van der Waals surface area (Å²) in [6.45, 7) is 2.12. The third-order valence-corrected chi connectivity index (χ3v) is 3.06. The first-order valence-electron chi connectivity index (χ1n) is 6.25. The van der Waals surface area contributed by atoms with Gasteiger partial charge in [-0.25, -0.2) is 10.8 Å². The third kappa shape index (κ3) is 2.56. The largest absolute Gasteiger partial charge is 0.497 e.